The predicted molar refractivity (Wildman–Crippen MR) is 137 cm³/mol. The largest absolute Gasteiger partial charge is 0.491 e. The molecule has 0 aliphatic heterocycles. The molecule has 0 bridgehead atoms. The third-order valence-electron chi connectivity index (χ3n) is 6.81. The average Bonchev–Trinajstić information content (AvgIpc) is 2.98. The lowest BCUT2D eigenvalue weighted by atomic mass is 9.91. The first-order valence-electron chi connectivity index (χ1n) is 13.9. The van der Waals surface area contributed by atoms with Crippen molar-refractivity contribution in [3.63, 3.8) is 0 Å². The first kappa shape index (κ1) is 40.2. The summed E-state index contributed by atoms with van der Waals surface area (Å²) in [6.07, 6.45) is 3.20. The van der Waals surface area contributed by atoms with Crippen molar-refractivity contribution in [2.45, 2.75) is 93.6 Å². The summed E-state index contributed by atoms with van der Waals surface area (Å²) in [5.74, 6) is -46.5. The molecule has 0 amide bonds. The standard InChI is InChI=1S/C28H29F15N2O2/c1-2-3-4-5-6-7-8-18-15-44-21(45-16-18)19-9-11-20(12-10-19)47-14-13-46-17-22(29,30)23(31,32)24(33,34)25(35,36)26(37,38)27(39,40)28(41,42)43/h9-12,15-16H,2-8,13-14,17H2,1H3. The molecule has 268 valence electrons. The number of unbranched alkanes of at least 4 members (excludes halogenated alkanes) is 5. The van der Waals surface area contributed by atoms with E-state index in [1.165, 1.54) is 37.1 Å². The summed E-state index contributed by atoms with van der Waals surface area (Å²) in [6, 6.07) is 5.64. The number of halogens is 15. The minimum atomic E-state index is -8.33. The number of ether oxygens (including phenoxy) is 2. The van der Waals surface area contributed by atoms with Crippen molar-refractivity contribution < 1.29 is 75.3 Å². The molecule has 19 heteroatoms. The maximum atomic E-state index is 13.8. The van der Waals surface area contributed by atoms with Gasteiger partial charge in [-0.1, -0.05) is 39.0 Å². The molecule has 0 atom stereocenters. The SMILES string of the molecule is CCCCCCCCc1cnc(-c2ccc(OCCOCC(F)(F)C(F)(F)C(F)(F)C(F)(F)C(F)(F)C(F)(F)C(F)(F)F)cc2)nc1. The van der Waals surface area contributed by atoms with Crippen LogP contribution in [-0.4, -0.2) is 71.5 Å². The van der Waals surface area contributed by atoms with Crippen molar-refractivity contribution in [3.8, 4) is 17.1 Å². The van der Waals surface area contributed by atoms with E-state index < -0.39 is 61.5 Å². The third-order valence-corrected chi connectivity index (χ3v) is 6.81. The number of hydrogen-bond acceptors (Lipinski definition) is 4. The van der Waals surface area contributed by atoms with Crippen LogP contribution in [0.2, 0.25) is 0 Å². The van der Waals surface area contributed by atoms with Crippen LogP contribution < -0.4 is 4.74 Å². The van der Waals surface area contributed by atoms with Crippen LogP contribution in [0, 0.1) is 0 Å². The number of benzene rings is 1. The van der Waals surface area contributed by atoms with Crippen LogP contribution in [0.5, 0.6) is 5.75 Å². The number of aryl methyl sites for hydroxylation is 1. The number of rotatable bonds is 19. The molecule has 1 aromatic carbocycles. The quantitative estimate of drug-likeness (QED) is 0.108. The highest BCUT2D eigenvalue weighted by Gasteiger charge is 2.93. The van der Waals surface area contributed by atoms with E-state index in [2.05, 4.69) is 21.6 Å². The van der Waals surface area contributed by atoms with Gasteiger partial charge >= 0.3 is 41.7 Å². The fourth-order valence-electron chi connectivity index (χ4n) is 3.95. The van der Waals surface area contributed by atoms with Crippen molar-refractivity contribution >= 4 is 0 Å². The zero-order chi connectivity index (χ0) is 36.0. The lowest BCUT2D eigenvalue weighted by Crippen LogP contribution is -2.73. The average molecular weight is 711 g/mol. The maximum Gasteiger partial charge on any atom is 0.460 e. The summed E-state index contributed by atoms with van der Waals surface area (Å²) in [4.78, 5) is 8.54. The van der Waals surface area contributed by atoms with E-state index in [9.17, 15) is 65.9 Å². The van der Waals surface area contributed by atoms with Crippen LogP contribution in [0.25, 0.3) is 11.4 Å². The van der Waals surface area contributed by atoms with Gasteiger partial charge in [0.25, 0.3) is 0 Å². The topological polar surface area (TPSA) is 44.2 Å². The Labute approximate surface area is 258 Å². The second kappa shape index (κ2) is 15.1. The molecular weight excluding hydrogens is 681 g/mol. The van der Waals surface area contributed by atoms with Crippen LogP contribution in [0.4, 0.5) is 65.9 Å². The number of aromatic nitrogens is 2. The van der Waals surface area contributed by atoms with Crippen LogP contribution in [0.15, 0.2) is 36.7 Å². The summed E-state index contributed by atoms with van der Waals surface area (Å²) in [7, 11) is 0. The molecule has 0 fully saturated rings. The summed E-state index contributed by atoms with van der Waals surface area (Å²) >= 11 is 0. The molecule has 0 radical (unpaired) electrons. The van der Waals surface area contributed by atoms with Gasteiger partial charge in [-0.05, 0) is 42.7 Å². The van der Waals surface area contributed by atoms with Gasteiger partial charge in [0.05, 0.1) is 6.61 Å². The minimum Gasteiger partial charge on any atom is -0.491 e. The van der Waals surface area contributed by atoms with Crippen molar-refractivity contribution in [3.05, 3.63) is 42.2 Å². The predicted octanol–water partition coefficient (Wildman–Crippen LogP) is 9.82. The third kappa shape index (κ3) is 8.54. The Morgan fingerprint density at radius 1 is 0.574 bits per heavy atom. The van der Waals surface area contributed by atoms with Crippen molar-refractivity contribution in [1.29, 1.82) is 0 Å². The lowest BCUT2D eigenvalue weighted by molar-refractivity contribution is -0.453. The fourth-order valence-corrected chi connectivity index (χ4v) is 3.95. The van der Waals surface area contributed by atoms with E-state index in [4.69, 9.17) is 4.74 Å². The minimum absolute atomic E-state index is 0.0353. The second-order valence-electron chi connectivity index (χ2n) is 10.4. The van der Waals surface area contributed by atoms with Gasteiger partial charge in [0.2, 0.25) is 0 Å². The van der Waals surface area contributed by atoms with E-state index in [-0.39, 0.29) is 5.75 Å². The van der Waals surface area contributed by atoms with Gasteiger partial charge in [0.15, 0.2) is 5.82 Å². The summed E-state index contributed by atoms with van der Waals surface area (Å²) in [5.41, 5.74) is 1.46. The highest BCUT2D eigenvalue weighted by atomic mass is 19.4. The first-order chi connectivity index (χ1) is 21.5. The first-order valence-corrected chi connectivity index (χ1v) is 13.9. The molecule has 47 heavy (non-hydrogen) atoms. The zero-order valence-electron chi connectivity index (χ0n) is 24.4. The Morgan fingerprint density at radius 2 is 1.06 bits per heavy atom. The summed E-state index contributed by atoms with van der Waals surface area (Å²) < 4.78 is 208. The Bertz CT molecular complexity index is 1250. The normalized spacial score (nSPS) is 14.0. The molecule has 1 heterocycles. The Balaban J connectivity index is 1.93. The van der Waals surface area contributed by atoms with E-state index in [0.717, 1.165) is 37.7 Å². The molecule has 0 aliphatic rings. The number of alkyl halides is 15. The second-order valence-corrected chi connectivity index (χ2v) is 10.4. The molecule has 0 saturated heterocycles. The van der Waals surface area contributed by atoms with Gasteiger partial charge in [-0.25, -0.2) is 9.97 Å². The van der Waals surface area contributed by atoms with E-state index in [1.54, 1.807) is 12.4 Å². The van der Waals surface area contributed by atoms with E-state index in [1.807, 2.05) is 0 Å². The lowest BCUT2D eigenvalue weighted by Gasteiger charge is -2.41. The maximum absolute atomic E-state index is 13.8. The highest BCUT2D eigenvalue weighted by molar-refractivity contribution is 5.55. The summed E-state index contributed by atoms with van der Waals surface area (Å²) in [6.45, 7) is -2.60. The van der Waals surface area contributed by atoms with Crippen molar-refractivity contribution in [2.75, 3.05) is 19.8 Å². The Hall–Kier alpha value is -2.99. The van der Waals surface area contributed by atoms with Gasteiger partial charge < -0.3 is 9.47 Å². The molecular formula is C28H29F15N2O2. The number of hydrogen-bond donors (Lipinski definition) is 0. The van der Waals surface area contributed by atoms with Gasteiger partial charge in [0, 0.05) is 18.0 Å². The fraction of sp³-hybridized carbons (Fsp3) is 0.643. The molecule has 2 aromatic rings. The molecule has 0 N–H and O–H groups in total. The van der Waals surface area contributed by atoms with Gasteiger partial charge in [-0.3, -0.25) is 0 Å². The molecule has 4 nitrogen and oxygen atoms in total. The molecule has 2 rings (SSSR count). The Morgan fingerprint density at radius 3 is 1.60 bits per heavy atom. The van der Waals surface area contributed by atoms with Crippen LogP contribution in [0.3, 0.4) is 0 Å². The highest BCUT2D eigenvalue weighted by Crippen LogP contribution is 2.62. The van der Waals surface area contributed by atoms with Gasteiger partial charge in [-0.2, -0.15) is 65.9 Å². The smallest absolute Gasteiger partial charge is 0.460 e. The molecule has 0 spiro atoms. The molecule has 0 unspecified atom stereocenters. The molecule has 0 saturated carbocycles. The van der Waals surface area contributed by atoms with Crippen LogP contribution >= 0.6 is 0 Å². The molecule has 1 aromatic heterocycles. The van der Waals surface area contributed by atoms with Gasteiger partial charge in [0.1, 0.15) is 19.0 Å². The Kier molecular flexibility index (Phi) is 12.9. The zero-order valence-corrected chi connectivity index (χ0v) is 24.4. The molecule has 0 aliphatic carbocycles. The monoisotopic (exact) mass is 710 g/mol. The number of nitrogens with zero attached hydrogens (tertiary/aromatic N) is 2. The van der Waals surface area contributed by atoms with E-state index >= 15 is 0 Å². The van der Waals surface area contributed by atoms with Gasteiger partial charge in [-0.15, -0.1) is 0 Å². The van der Waals surface area contributed by atoms with Crippen molar-refractivity contribution in [1.82, 2.24) is 9.97 Å². The summed E-state index contributed by atoms with van der Waals surface area (Å²) in [5, 5.41) is 0. The van der Waals surface area contributed by atoms with E-state index in [0.29, 0.717) is 11.4 Å². The van der Waals surface area contributed by atoms with Crippen LogP contribution in [-0.2, 0) is 11.2 Å². The van der Waals surface area contributed by atoms with Crippen LogP contribution in [0.1, 0.15) is 51.0 Å². The van der Waals surface area contributed by atoms with Crippen molar-refractivity contribution in [2.24, 2.45) is 0 Å².